The van der Waals surface area contributed by atoms with Crippen molar-refractivity contribution >= 4 is 17.7 Å². The largest absolute Gasteiger partial charge is 0.469 e. The summed E-state index contributed by atoms with van der Waals surface area (Å²) in [5, 5.41) is 0. The molecule has 0 N–H and O–H groups in total. The molecule has 0 heterocycles. The van der Waals surface area contributed by atoms with E-state index in [1.165, 1.54) is 19.3 Å². The molecule has 0 aromatic heterocycles. The van der Waals surface area contributed by atoms with E-state index >= 15 is 0 Å². The zero-order chi connectivity index (χ0) is 13.7. The summed E-state index contributed by atoms with van der Waals surface area (Å²) in [5.74, 6) is -3.61. The Bertz CT molecular complexity index is 408. The van der Waals surface area contributed by atoms with Crippen LogP contribution in [-0.4, -0.2) is 31.4 Å². The van der Waals surface area contributed by atoms with E-state index in [4.69, 9.17) is 4.74 Å². The fourth-order valence-electron chi connectivity index (χ4n) is 1.94. The second kappa shape index (κ2) is 6.14. The molecule has 0 saturated carbocycles. The van der Waals surface area contributed by atoms with Gasteiger partial charge in [0.25, 0.3) is 0 Å². The van der Waals surface area contributed by atoms with Gasteiger partial charge in [-0.3, -0.25) is 14.4 Å². The summed E-state index contributed by atoms with van der Waals surface area (Å²) in [6.45, 7) is 5.16. The Labute approximate surface area is 105 Å². The standard InChI is InChI=1S/C13H16O5/c1-4-5-18-13(16)11-9(12(15)17-3)6-8(2)7-10(11)14/h4,7,9,11H,1,5-6H2,2-3H3. The van der Waals surface area contributed by atoms with Gasteiger partial charge in [0.1, 0.15) is 12.5 Å². The van der Waals surface area contributed by atoms with Crippen LogP contribution >= 0.6 is 0 Å². The highest BCUT2D eigenvalue weighted by Gasteiger charge is 2.42. The molecule has 2 unspecified atom stereocenters. The Kier molecular flexibility index (Phi) is 4.83. The summed E-state index contributed by atoms with van der Waals surface area (Å²) in [6, 6.07) is 0. The van der Waals surface area contributed by atoms with Crippen molar-refractivity contribution in [3.8, 4) is 0 Å². The van der Waals surface area contributed by atoms with Crippen molar-refractivity contribution < 1.29 is 23.9 Å². The minimum Gasteiger partial charge on any atom is -0.469 e. The van der Waals surface area contributed by atoms with Gasteiger partial charge in [-0.05, 0) is 19.4 Å². The molecule has 98 valence electrons. The van der Waals surface area contributed by atoms with Gasteiger partial charge in [-0.15, -0.1) is 0 Å². The average molecular weight is 252 g/mol. The number of methoxy groups -OCH3 is 1. The van der Waals surface area contributed by atoms with E-state index in [-0.39, 0.29) is 6.61 Å². The zero-order valence-electron chi connectivity index (χ0n) is 10.5. The summed E-state index contributed by atoms with van der Waals surface area (Å²) in [7, 11) is 1.23. The summed E-state index contributed by atoms with van der Waals surface area (Å²) in [4.78, 5) is 35.2. The van der Waals surface area contributed by atoms with Crippen LogP contribution in [0.15, 0.2) is 24.3 Å². The van der Waals surface area contributed by atoms with Crippen LogP contribution < -0.4 is 0 Å². The first kappa shape index (κ1) is 14.2. The molecule has 0 radical (unpaired) electrons. The van der Waals surface area contributed by atoms with E-state index in [2.05, 4.69) is 11.3 Å². The monoisotopic (exact) mass is 252 g/mol. The first-order chi connectivity index (χ1) is 8.51. The third-order valence-electron chi connectivity index (χ3n) is 2.74. The molecule has 1 aliphatic rings. The Morgan fingerprint density at radius 3 is 2.72 bits per heavy atom. The van der Waals surface area contributed by atoms with Crippen LogP contribution in [0.4, 0.5) is 0 Å². The van der Waals surface area contributed by atoms with Crippen molar-refractivity contribution in [1.29, 1.82) is 0 Å². The average Bonchev–Trinajstić information content (AvgIpc) is 2.33. The van der Waals surface area contributed by atoms with E-state index < -0.39 is 29.6 Å². The predicted molar refractivity (Wildman–Crippen MR) is 63.5 cm³/mol. The van der Waals surface area contributed by atoms with Gasteiger partial charge in [0, 0.05) is 0 Å². The van der Waals surface area contributed by atoms with E-state index in [0.717, 1.165) is 5.57 Å². The highest BCUT2D eigenvalue weighted by atomic mass is 16.5. The van der Waals surface area contributed by atoms with Gasteiger partial charge in [0.2, 0.25) is 0 Å². The fraction of sp³-hybridized carbons (Fsp3) is 0.462. The van der Waals surface area contributed by atoms with Gasteiger partial charge in [-0.2, -0.15) is 0 Å². The SMILES string of the molecule is C=CCOC(=O)C1C(=O)C=C(C)CC1C(=O)OC. The maximum absolute atomic E-state index is 11.8. The molecule has 0 bridgehead atoms. The van der Waals surface area contributed by atoms with Gasteiger partial charge in [0.05, 0.1) is 13.0 Å². The van der Waals surface area contributed by atoms with E-state index in [0.29, 0.717) is 6.42 Å². The molecule has 0 aliphatic heterocycles. The van der Waals surface area contributed by atoms with E-state index in [1.54, 1.807) is 6.92 Å². The first-order valence-corrected chi connectivity index (χ1v) is 5.57. The van der Waals surface area contributed by atoms with Crippen LogP contribution in [0.2, 0.25) is 0 Å². The predicted octanol–water partition coefficient (Wildman–Crippen LogP) is 1.04. The third kappa shape index (κ3) is 3.06. The molecule has 18 heavy (non-hydrogen) atoms. The number of allylic oxidation sites excluding steroid dienone is 2. The van der Waals surface area contributed by atoms with Crippen LogP contribution in [-0.2, 0) is 23.9 Å². The van der Waals surface area contributed by atoms with E-state index in [1.807, 2.05) is 0 Å². The van der Waals surface area contributed by atoms with Crippen molar-refractivity contribution in [1.82, 2.24) is 0 Å². The number of esters is 2. The summed E-state index contributed by atoms with van der Waals surface area (Å²) < 4.78 is 9.47. The van der Waals surface area contributed by atoms with Crippen LogP contribution in [0.25, 0.3) is 0 Å². The highest BCUT2D eigenvalue weighted by Crippen LogP contribution is 2.29. The lowest BCUT2D eigenvalue weighted by Gasteiger charge is -2.25. The summed E-state index contributed by atoms with van der Waals surface area (Å²) in [6.07, 6.45) is 3.10. The van der Waals surface area contributed by atoms with Crippen molar-refractivity contribution in [2.75, 3.05) is 13.7 Å². The smallest absolute Gasteiger partial charge is 0.318 e. The van der Waals surface area contributed by atoms with Gasteiger partial charge in [-0.25, -0.2) is 0 Å². The number of ketones is 1. The molecule has 1 rings (SSSR count). The molecule has 0 spiro atoms. The van der Waals surface area contributed by atoms with Crippen molar-refractivity contribution in [2.24, 2.45) is 11.8 Å². The van der Waals surface area contributed by atoms with Crippen LogP contribution in [0.1, 0.15) is 13.3 Å². The Morgan fingerprint density at radius 1 is 1.50 bits per heavy atom. The minimum absolute atomic E-state index is 0.0131. The van der Waals surface area contributed by atoms with Crippen LogP contribution in [0.3, 0.4) is 0 Å². The molecular weight excluding hydrogens is 236 g/mol. The molecule has 0 aromatic rings. The molecule has 0 aromatic carbocycles. The molecule has 2 atom stereocenters. The lowest BCUT2D eigenvalue weighted by atomic mass is 9.79. The van der Waals surface area contributed by atoms with Gasteiger partial charge >= 0.3 is 11.9 Å². The maximum Gasteiger partial charge on any atom is 0.318 e. The normalized spacial score (nSPS) is 23.0. The van der Waals surface area contributed by atoms with Crippen molar-refractivity contribution in [2.45, 2.75) is 13.3 Å². The van der Waals surface area contributed by atoms with Crippen molar-refractivity contribution in [3.63, 3.8) is 0 Å². The number of hydrogen-bond acceptors (Lipinski definition) is 5. The molecule has 1 aliphatic carbocycles. The Balaban J connectivity index is 2.95. The minimum atomic E-state index is -1.11. The summed E-state index contributed by atoms with van der Waals surface area (Å²) in [5.41, 5.74) is 0.753. The summed E-state index contributed by atoms with van der Waals surface area (Å²) >= 11 is 0. The van der Waals surface area contributed by atoms with Crippen LogP contribution in [0.5, 0.6) is 0 Å². The lowest BCUT2D eigenvalue weighted by Crippen LogP contribution is -2.39. The lowest BCUT2D eigenvalue weighted by molar-refractivity contribution is -0.161. The van der Waals surface area contributed by atoms with Gasteiger partial charge < -0.3 is 9.47 Å². The quantitative estimate of drug-likeness (QED) is 0.425. The maximum atomic E-state index is 11.8. The molecular formula is C13H16O5. The molecule has 0 fully saturated rings. The second-order valence-corrected chi connectivity index (χ2v) is 4.12. The van der Waals surface area contributed by atoms with Gasteiger partial charge in [-0.1, -0.05) is 18.2 Å². The Hall–Kier alpha value is -1.91. The number of carbonyl (C=O) groups is 3. The number of hydrogen-bond donors (Lipinski definition) is 0. The second-order valence-electron chi connectivity index (χ2n) is 4.12. The van der Waals surface area contributed by atoms with E-state index in [9.17, 15) is 14.4 Å². The topological polar surface area (TPSA) is 69.7 Å². The molecule has 5 nitrogen and oxygen atoms in total. The molecule has 0 amide bonds. The molecule has 0 saturated heterocycles. The third-order valence-corrected chi connectivity index (χ3v) is 2.74. The fourth-order valence-corrected chi connectivity index (χ4v) is 1.94. The molecule has 5 heteroatoms. The number of ether oxygens (including phenoxy) is 2. The number of rotatable bonds is 4. The highest BCUT2D eigenvalue weighted by molar-refractivity contribution is 6.09. The van der Waals surface area contributed by atoms with Gasteiger partial charge in [0.15, 0.2) is 5.78 Å². The number of carbonyl (C=O) groups excluding carboxylic acids is 3. The van der Waals surface area contributed by atoms with Crippen LogP contribution in [0, 0.1) is 11.8 Å². The zero-order valence-corrected chi connectivity index (χ0v) is 10.5. The Morgan fingerprint density at radius 2 is 2.17 bits per heavy atom. The first-order valence-electron chi connectivity index (χ1n) is 5.57. The van der Waals surface area contributed by atoms with Crippen molar-refractivity contribution in [3.05, 3.63) is 24.3 Å².